The number of thioether (sulfide) groups is 1. The molecule has 0 aromatic carbocycles. The van der Waals surface area contributed by atoms with Crippen LogP contribution in [0.5, 0.6) is 0 Å². The van der Waals surface area contributed by atoms with Gasteiger partial charge in [-0.1, -0.05) is 29.5 Å². The van der Waals surface area contributed by atoms with Gasteiger partial charge in [-0.15, -0.1) is 10.2 Å². The van der Waals surface area contributed by atoms with Crippen molar-refractivity contribution in [3.63, 3.8) is 0 Å². The van der Waals surface area contributed by atoms with E-state index in [1.165, 1.54) is 0 Å². The highest BCUT2D eigenvalue weighted by atomic mass is 32.2. The SMILES string of the molecule is Cc1nnc(SCCCCC(C)(NC(C)C)C(=O)O)s1. The summed E-state index contributed by atoms with van der Waals surface area (Å²) >= 11 is 3.29. The molecule has 0 saturated carbocycles. The molecule has 7 heteroatoms. The molecule has 0 saturated heterocycles. The standard InChI is InChI=1S/C13H23N3O2S2/c1-9(2)14-13(4,11(17)18)7-5-6-8-19-12-16-15-10(3)20-12/h9,14H,5-8H2,1-4H3,(H,17,18). The Morgan fingerprint density at radius 1 is 1.45 bits per heavy atom. The van der Waals surface area contributed by atoms with E-state index in [1.807, 2.05) is 20.8 Å². The molecule has 0 aliphatic carbocycles. The average Bonchev–Trinajstić information content (AvgIpc) is 2.73. The lowest BCUT2D eigenvalue weighted by Gasteiger charge is -2.28. The van der Waals surface area contributed by atoms with Gasteiger partial charge in [0.05, 0.1) is 0 Å². The summed E-state index contributed by atoms with van der Waals surface area (Å²) in [5, 5.41) is 21.5. The number of aromatic nitrogens is 2. The van der Waals surface area contributed by atoms with E-state index in [0.717, 1.165) is 27.9 Å². The number of nitrogens with zero attached hydrogens (tertiary/aromatic N) is 2. The van der Waals surface area contributed by atoms with Crippen molar-refractivity contribution >= 4 is 29.1 Å². The number of carbonyl (C=O) groups is 1. The Kier molecular flexibility index (Phi) is 6.91. The Hall–Kier alpha value is -0.660. The van der Waals surface area contributed by atoms with E-state index in [4.69, 9.17) is 0 Å². The third-order valence-corrected chi connectivity index (χ3v) is 4.94. The number of hydrogen-bond acceptors (Lipinski definition) is 6. The maximum Gasteiger partial charge on any atom is 0.323 e. The van der Waals surface area contributed by atoms with E-state index in [1.54, 1.807) is 30.0 Å². The van der Waals surface area contributed by atoms with Crippen LogP contribution in [0.2, 0.25) is 0 Å². The highest BCUT2D eigenvalue weighted by molar-refractivity contribution is 8.01. The van der Waals surface area contributed by atoms with Crippen molar-refractivity contribution in [2.75, 3.05) is 5.75 Å². The minimum Gasteiger partial charge on any atom is -0.480 e. The van der Waals surface area contributed by atoms with Gasteiger partial charge in [0.2, 0.25) is 0 Å². The van der Waals surface area contributed by atoms with Gasteiger partial charge in [0.1, 0.15) is 10.5 Å². The lowest BCUT2D eigenvalue weighted by molar-refractivity contribution is -0.144. The summed E-state index contributed by atoms with van der Waals surface area (Å²) < 4.78 is 0.990. The molecule has 0 spiro atoms. The van der Waals surface area contributed by atoms with Crippen molar-refractivity contribution < 1.29 is 9.90 Å². The lowest BCUT2D eigenvalue weighted by Crippen LogP contribution is -2.52. The van der Waals surface area contributed by atoms with Crippen LogP contribution in [-0.2, 0) is 4.79 Å². The minimum absolute atomic E-state index is 0.162. The molecule has 0 amide bonds. The number of aliphatic carboxylic acids is 1. The van der Waals surface area contributed by atoms with Crippen LogP contribution in [0.3, 0.4) is 0 Å². The van der Waals surface area contributed by atoms with Crippen LogP contribution in [0.25, 0.3) is 0 Å². The molecule has 114 valence electrons. The van der Waals surface area contributed by atoms with Gasteiger partial charge in [-0.25, -0.2) is 0 Å². The third kappa shape index (κ3) is 5.76. The Balaban J connectivity index is 2.29. The minimum atomic E-state index is -0.835. The van der Waals surface area contributed by atoms with Gasteiger partial charge < -0.3 is 5.11 Å². The van der Waals surface area contributed by atoms with Gasteiger partial charge in [-0.05, 0) is 40.5 Å². The highest BCUT2D eigenvalue weighted by Crippen LogP contribution is 2.24. The molecule has 0 bridgehead atoms. The first-order valence-electron chi connectivity index (χ1n) is 6.77. The topological polar surface area (TPSA) is 75.1 Å². The zero-order chi connectivity index (χ0) is 15.2. The molecule has 0 aliphatic rings. The summed E-state index contributed by atoms with van der Waals surface area (Å²) in [7, 11) is 0. The van der Waals surface area contributed by atoms with E-state index < -0.39 is 11.5 Å². The quantitative estimate of drug-likeness (QED) is 0.539. The van der Waals surface area contributed by atoms with Crippen molar-refractivity contribution in [3.8, 4) is 0 Å². The second-order valence-corrected chi connectivity index (χ2v) is 7.85. The maximum absolute atomic E-state index is 11.4. The number of carboxylic acids is 1. The van der Waals surface area contributed by atoms with Gasteiger partial charge in [0.15, 0.2) is 4.34 Å². The van der Waals surface area contributed by atoms with Crippen LogP contribution < -0.4 is 5.32 Å². The molecule has 0 radical (unpaired) electrons. The molecular weight excluding hydrogens is 294 g/mol. The molecule has 2 N–H and O–H groups in total. The molecule has 1 rings (SSSR count). The number of aryl methyl sites for hydroxylation is 1. The van der Waals surface area contributed by atoms with Gasteiger partial charge >= 0.3 is 5.97 Å². The van der Waals surface area contributed by atoms with E-state index in [-0.39, 0.29) is 6.04 Å². The van der Waals surface area contributed by atoms with Crippen LogP contribution in [0, 0.1) is 6.92 Å². The summed E-state index contributed by atoms with van der Waals surface area (Å²) in [5.74, 6) is 0.171. The van der Waals surface area contributed by atoms with Crippen molar-refractivity contribution in [3.05, 3.63) is 5.01 Å². The zero-order valence-corrected chi connectivity index (χ0v) is 14.1. The fourth-order valence-electron chi connectivity index (χ4n) is 1.95. The van der Waals surface area contributed by atoms with Crippen molar-refractivity contribution in [2.45, 2.75) is 62.9 Å². The largest absolute Gasteiger partial charge is 0.480 e. The molecule has 5 nitrogen and oxygen atoms in total. The molecule has 0 fully saturated rings. The number of nitrogens with one attached hydrogen (secondary N) is 1. The monoisotopic (exact) mass is 317 g/mol. The van der Waals surface area contributed by atoms with Gasteiger partial charge in [-0.3, -0.25) is 10.1 Å². The van der Waals surface area contributed by atoms with E-state index >= 15 is 0 Å². The third-order valence-electron chi connectivity index (χ3n) is 2.88. The summed E-state index contributed by atoms with van der Waals surface area (Å²) in [5.41, 5.74) is -0.835. The fourth-order valence-corrected chi connectivity index (χ4v) is 3.84. The van der Waals surface area contributed by atoms with Crippen LogP contribution in [0.4, 0.5) is 0 Å². The number of carboxylic acid groups (broad SMARTS) is 1. The van der Waals surface area contributed by atoms with Gasteiger partial charge in [-0.2, -0.15) is 0 Å². The summed E-state index contributed by atoms with van der Waals surface area (Å²) in [6.07, 6.45) is 2.50. The highest BCUT2D eigenvalue weighted by Gasteiger charge is 2.32. The van der Waals surface area contributed by atoms with Crippen LogP contribution in [-0.4, -0.2) is 38.6 Å². The van der Waals surface area contributed by atoms with Crippen LogP contribution in [0.15, 0.2) is 4.34 Å². The second-order valence-electron chi connectivity index (χ2n) is 5.33. The zero-order valence-electron chi connectivity index (χ0n) is 12.5. The molecule has 1 atom stereocenters. The Labute approximate surface area is 128 Å². The predicted octanol–water partition coefficient (Wildman–Crippen LogP) is 2.95. The molecule has 1 unspecified atom stereocenters. The molecule has 1 heterocycles. The van der Waals surface area contributed by atoms with Crippen molar-refractivity contribution in [1.82, 2.24) is 15.5 Å². The molecule has 1 aromatic rings. The Bertz CT molecular complexity index is 437. The Morgan fingerprint density at radius 2 is 2.15 bits per heavy atom. The molecule has 0 aliphatic heterocycles. The van der Waals surface area contributed by atoms with Gasteiger partial charge in [0.25, 0.3) is 0 Å². The van der Waals surface area contributed by atoms with E-state index in [9.17, 15) is 9.90 Å². The first-order valence-corrected chi connectivity index (χ1v) is 8.58. The number of hydrogen-bond donors (Lipinski definition) is 2. The Morgan fingerprint density at radius 3 is 2.65 bits per heavy atom. The van der Waals surface area contributed by atoms with E-state index in [0.29, 0.717) is 6.42 Å². The lowest BCUT2D eigenvalue weighted by atomic mass is 9.94. The van der Waals surface area contributed by atoms with Crippen molar-refractivity contribution in [2.24, 2.45) is 0 Å². The first-order chi connectivity index (χ1) is 9.33. The van der Waals surface area contributed by atoms with Crippen LogP contribution in [0.1, 0.15) is 45.0 Å². The summed E-state index contributed by atoms with van der Waals surface area (Å²) in [6.45, 7) is 7.64. The molecular formula is C13H23N3O2S2. The smallest absolute Gasteiger partial charge is 0.323 e. The summed E-state index contributed by atoms with van der Waals surface area (Å²) in [4.78, 5) is 11.4. The first kappa shape index (κ1) is 17.4. The average molecular weight is 317 g/mol. The predicted molar refractivity (Wildman–Crippen MR) is 83.5 cm³/mol. The van der Waals surface area contributed by atoms with Crippen molar-refractivity contribution in [1.29, 1.82) is 0 Å². The summed E-state index contributed by atoms with van der Waals surface area (Å²) in [6, 6.07) is 0.162. The number of unbranched alkanes of at least 4 members (excludes halogenated alkanes) is 1. The molecule has 1 aromatic heterocycles. The van der Waals surface area contributed by atoms with Gasteiger partial charge in [0, 0.05) is 11.8 Å². The molecule has 20 heavy (non-hydrogen) atoms. The maximum atomic E-state index is 11.4. The van der Waals surface area contributed by atoms with Crippen LogP contribution >= 0.6 is 23.1 Å². The number of rotatable bonds is 9. The fraction of sp³-hybridized carbons (Fsp3) is 0.769. The van der Waals surface area contributed by atoms with E-state index in [2.05, 4.69) is 15.5 Å². The second kappa shape index (κ2) is 7.95. The normalized spacial score (nSPS) is 14.4.